The van der Waals surface area contributed by atoms with Crippen molar-refractivity contribution < 1.29 is 19.1 Å². The third-order valence-electron chi connectivity index (χ3n) is 2.75. The topological polar surface area (TPSA) is 64.6 Å². The van der Waals surface area contributed by atoms with Crippen LogP contribution in [0.3, 0.4) is 0 Å². The Hall–Kier alpha value is -1.10. The highest BCUT2D eigenvalue weighted by molar-refractivity contribution is 5.81. The first kappa shape index (κ1) is 15.0. The summed E-state index contributed by atoms with van der Waals surface area (Å²) in [6.45, 7) is 6.89. The van der Waals surface area contributed by atoms with Crippen molar-refractivity contribution in [3.8, 4) is 0 Å². The predicted octanol–water partition coefficient (Wildman–Crippen LogP) is 1.26. The highest BCUT2D eigenvalue weighted by Crippen LogP contribution is 2.13. The Labute approximate surface area is 108 Å². The molecule has 1 heterocycles. The summed E-state index contributed by atoms with van der Waals surface area (Å²) in [6, 6.07) is 0. The maximum absolute atomic E-state index is 11.5. The van der Waals surface area contributed by atoms with E-state index in [1.807, 2.05) is 20.8 Å². The fourth-order valence-corrected chi connectivity index (χ4v) is 1.58. The van der Waals surface area contributed by atoms with Gasteiger partial charge in [-0.2, -0.15) is 0 Å². The fraction of sp³-hybridized carbons (Fsp3) is 0.846. The molecule has 1 amide bonds. The molecule has 1 aliphatic rings. The van der Waals surface area contributed by atoms with Crippen LogP contribution in [0, 0.1) is 5.41 Å². The smallest absolute Gasteiger partial charge is 0.307 e. The summed E-state index contributed by atoms with van der Waals surface area (Å²) in [5, 5.41) is 2.71. The van der Waals surface area contributed by atoms with Gasteiger partial charge in [0.15, 0.2) is 0 Å². The molecule has 1 fully saturated rings. The van der Waals surface area contributed by atoms with Crippen LogP contribution in [0.4, 0.5) is 0 Å². The molecule has 0 aromatic rings. The molecule has 0 saturated carbocycles. The number of esters is 1. The Morgan fingerprint density at radius 3 is 2.67 bits per heavy atom. The van der Waals surface area contributed by atoms with Gasteiger partial charge in [0.1, 0.15) is 6.61 Å². The van der Waals surface area contributed by atoms with Crippen LogP contribution >= 0.6 is 0 Å². The van der Waals surface area contributed by atoms with Crippen LogP contribution in [0.2, 0.25) is 0 Å². The van der Waals surface area contributed by atoms with Gasteiger partial charge < -0.3 is 14.8 Å². The zero-order valence-corrected chi connectivity index (χ0v) is 11.5. The summed E-state index contributed by atoms with van der Waals surface area (Å²) in [4.78, 5) is 22.9. The van der Waals surface area contributed by atoms with Gasteiger partial charge in [-0.25, -0.2) is 0 Å². The molecule has 0 bridgehead atoms. The molecule has 0 spiro atoms. The molecule has 5 heteroatoms. The second-order valence-corrected chi connectivity index (χ2v) is 5.57. The summed E-state index contributed by atoms with van der Waals surface area (Å²) in [5.74, 6) is -0.353. The third kappa shape index (κ3) is 5.49. The van der Waals surface area contributed by atoms with E-state index in [1.54, 1.807) is 0 Å². The Morgan fingerprint density at radius 2 is 2.11 bits per heavy atom. The number of rotatable bonds is 5. The molecule has 18 heavy (non-hydrogen) atoms. The molecule has 1 unspecified atom stereocenters. The van der Waals surface area contributed by atoms with Crippen LogP contribution in [0.25, 0.3) is 0 Å². The maximum Gasteiger partial charge on any atom is 0.307 e. The summed E-state index contributed by atoms with van der Waals surface area (Å²) in [6.07, 6.45) is 2.24. The van der Waals surface area contributed by atoms with Crippen LogP contribution < -0.4 is 5.32 Å². The molecular formula is C13H23NO4. The Balaban J connectivity index is 2.08. The lowest BCUT2D eigenvalue weighted by Crippen LogP contribution is -2.36. The molecule has 104 valence electrons. The SMILES string of the molecule is CC(C)(C)C(=O)NCCC(=O)OCC1CCCO1. The number of carbonyl (C=O) groups excluding carboxylic acids is 2. The van der Waals surface area contributed by atoms with E-state index in [0.29, 0.717) is 13.2 Å². The van der Waals surface area contributed by atoms with Crippen LogP contribution in [0.15, 0.2) is 0 Å². The van der Waals surface area contributed by atoms with Gasteiger partial charge in [0.2, 0.25) is 5.91 Å². The molecule has 1 aliphatic heterocycles. The Morgan fingerprint density at radius 1 is 1.39 bits per heavy atom. The monoisotopic (exact) mass is 257 g/mol. The van der Waals surface area contributed by atoms with Gasteiger partial charge in [0, 0.05) is 18.6 Å². The molecule has 1 rings (SSSR count). The van der Waals surface area contributed by atoms with Crippen molar-refractivity contribution in [1.82, 2.24) is 5.32 Å². The van der Waals surface area contributed by atoms with Gasteiger partial charge in [-0.1, -0.05) is 20.8 Å². The third-order valence-corrected chi connectivity index (χ3v) is 2.75. The fourth-order valence-electron chi connectivity index (χ4n) is 1.58. The highest BCUT2D eigenvalue weighted by atomic mass is 16.6. The lowest BCUT2D eigenvalue weighted by molar-refractivity contribution is -0.146. The first-order valence-electron chi connectivity index (χ1n) is 6.45. The van der Waals surface area contributed by atoms with Crippen molar-refractivity contribution in [3.63, 3.8) is 0 Å². The van der Waals surface area contributed by atoms with Gasteiger partial charge in [-0.15, -0.1) is 0 Å². The van der Waals surface area contributed by atoms with Crippen molar-refractivity contribution in [2.24, 2.45) is 5.41 Å². The summed E-state index contributed by atoms with van der Waals surface area (Å²) < 4.78 is 10.4. The van der Waals surface area contributed by atoms with Crippen molar-refractivity contribution in [2.75, 3.05) is 19.8 Å². The molecule has 5 nitrogen and oxygen atoms in total. The zero-order chi connectivity index (χ0) is 13.6. The second-order valence-electron chi connectivity index (χ2n) is 5.57. The average Bonchev–Trinajstić information content (AvgIpc) is 2.77. The van der Waals surface area contributed by atoms with Crippen LogP contribution in [0.1, 0.15) is 40.0 Å². The minimum absolute atomic E-state index is 0.0538. The number of nitrogens with one attached hydrogen (secondary N) is 1. The molecule has 1 N–H and O–H groups in total. The minimum atomic E-state index is -0.429. The van der Waals surface area contributed by atoms with E-state index in [4.69, 9.17) is 9.47 Å². The highest BCUT2D eigenvalue weighted by Gasteiger charge is 2.21. The van der Waals surface area contributed by atoms with E-state index in [9.17, 15) is 9.59 Å². The van der Waals surface area contributed by atoms with Crippen molar-refractivity contribution in [1.29, 1.82) is 0 Å². The lowest BCUT2D eigenvalue weighted by atomic mass is 9.96. The van der Waals surface area contributed by atoms with E-state index < -0.39 is 5.41 Å². The van der Waals surface area contributed by atoms with Crippen molar-refractivity contribution >= 4 is 11.9 Å². The first-order chi connectivity index (χ1) is 8.39. The number of ether oxygens (including phenoxy) is 2. The molecule has 0 aromatic carbocycles. The maximum atomic E-state index is 11.5. The molecular weight excluding hydrogens is 234 g/mol. The van der Waals surface area contributed by atoms with E-state index >= 15 is 0 Å². The van der Waals surface area contributed by atoms with Crippen LogP contribution in [-0.2, 0) is 19.1 Å². The van der Waals surface area contributed by atoms with Gasteiger partial charge in [0.05, 0.1) is 12.5 Å². The summed E-state index contributed by atoms with van der Waals surface area (Å²) >= 11 is 0. The number of hydrogen-bond acceptors (Lipinski definition) is 4. The molecule has 0 radical (unpaired) electrons. The molecule has 0 aromatic heterocycles. The lowest BCUT2D eigenvalue weighted by Gasteiger charge is -2.17. The summed E-state index contributed by atoms with van der Waals surface area (Å²) in [7, 11) is 0. The Bertz CT molecular complexity index is 290. The molecule has 1 saturated heterocycles. The largest absolute Gasteiger partial charge is 0.463 e. The van der Waals surface area contributed by atoms with E-state index in [-0.39, 0.29) is 24.4 Å². The average molecular weight is 257 g/mol. The van der Waals surface area contributed by atoms with Crippen molar-refractivity contribution in [3.05, 3.63) is 0 Å². The van der Waals surface area contributed by atoms with Gasteiger partial charge in [-0.3, -0.25) is 9.59 Å². The van der Waals surface area contributed by atoms with E-state index in [0.717, 1.165) is 19.4 Å². The predicted molar refractivity (Wildman–Crippen MR) is 67.0 cm³/mol. The molecule has 1 atom stereocenters. The summed E-state index contributed by atoms with van der Waals surface area (Å²) in [5.41, 5.74) is -0.429. The zero-order valence-electron chi connectivity index (χ0n) is 11.5. The number of carbonyl (C=O) groups is 2. The number of amides is 1. The van der Waals surface area contributed by atoms with Crippen LogP contribution in [0.5, 0.6) is 0 Å². The van der Waals surface area contributed by atoms with Crippen molar-refractivity contribution in [2.45, 2.75) is 46.1 Å². The normalized spacial score (nSPS) is 19.6. The number of hydrogen-bond donors (Lipinski definition) is 1. The van der Waals surface area contributed by atoms with Gasteiger partial charge in [-0.05, 0) is 12.8 Å². The first-order valence-corrected chi connectivity index (χ1v) is 6.45. The minimum Gasteiger partial charge on any atom is -0.463 e. The van der Waals surface area contributed by atoms with E-state index in [2.05, 4.69) is 5.32 Å². The van der Waals surface area contributed by atoms with Gasteiger partial charge in [0.25, 0.3) is 0 Å². The van der Waals surface area contributed by atoms with Crippen LogP contribution in [-0.4, -0.2) is 37.7 Å². The standard InChI is InChI=1S/C13H23NO4/c1-13(2,3)12(16)14-7-6-11(15)18-9-10-5-4-8-17-10/h10H,4-9H2,1-3H3,(H,14,16). The quantitative estimate of drug-likeness (QED) is 0.753. The van der Waals surface area contributed by atoms with E-state index in [1.165, 1.54) is 0 Å². The Kier molecular flexibility index (Phi) is 5.59. The van der Waals surface area contributed by atoms with Gasteiger partial charge >= 0.3 is 5.97 Å². The molecule has 0 aliphatic carbocycles. The second kappa shape index (κ2) is 6.73.